The largest absolute Gasteiger partial charge is 0.368 e. The predicted molar refractivity (Wildman–Crippen MR) is 96.5 cm³/mol. The first-order chi connectivity index (χ1) is 10.6. The molecule has 1 saturated heterocycles. The van der Waals surface area contributed by atoms with Crippen molar-refractivity contribution in [1.82, 2.24) is 10.6 Å². The number of amides is 1. The summed E-state index contributed by atoms with van der Waals surface area (Å²) in [6.45, 7) is 3.72. The summed E-state index contributed by atoms with van der Waals surface area (Å²) in [5.74, 6) is 0.0114. The van der Waals surface area contributed by atoms with Crippen LogP contribution in [0.5, 0.6) is 0 Å². The van der Waals surface area contributed by atoms with Gasteiger partial charge in [0.05, 0.1) is 0 Å². The Labute approximate surface area is 149 Å². The van der Waals surface area contributed by atoms with Gasteiger partial charge in [-0.3, -0.25) is 4.79 Å². The molecule has 130 valence electrons. The molecule has 1 heterocycles. The summed E-state index contributed by atoms with van der Waals surface area (Å²) in [6, 6.07) is 7.89. The zero-order chi connectivity index (χ0) is 16.0. The fourth-order valence-electron chi connectivity index (χ4n) is 2.87. The predicted octanol–water partition coefficient (Wildman–Crippen LogP) is 2.97. The van der Waals surface area contributed by atoms with E-state index >= 15 is 0 Å². The number of rotatable bonds is 6. The number of piperidine rings is 1. The van der Waals surface area contributed by atoms with Crippen molar-refractivity contribution in [2.75, 3.05) is 20.2 Å². The van der Waals surface area contributed by atoms with E-state index in [1.54, 1.807) is 7.11 Å². The fourth-order valence-corrected chi connectivity index (χ4v) is 3.00. The van der Waals surface area contributed by atoms with Crippen molar-refractivity contribution < 1.29 is 9.53 Å². The van der Waals surface area contributed by atoms with Gasteiger partial charge in [0.25, 0.3) is 5.91 Å². The molecule has 1 aliphatic heterocycles. The highest BCUT2D eigenvalue weighted by atomic mass is 35.5. The third-order valence-corrected chi connectivity index (χ3v) is 4.69. The SMILES string of the molecule is CCC(Cc1ccc(Cl)cc1)NC(=O)C1(OC)CCNCC1.Cl. The van der Waals surface area contributed by atoms with Crippen LogP contribution in [-0.2, 0) is 16.0 Å². The van der Waals surface area contributed by atoms with Gasteiger partial charge in [0.2, 0.25) is 0 Å². The second kappa shape index (κ2) is 9.48. The van der Waals surface area contributed by atoms with Crippen molar-refractivity contribution in [3.8, 4) is 0 Å². The molecule has 1 amide bonds. The summed E-state index contributed by atoms with van der Waals surface area (Å²) in [5, 5.41) is 7.17. The van der Waals surface area contributed by atoms with Gasteiger partial charge < -0.3 is 15.4 Å². The van der Waals surface area contributed by atoms with Gasteiger partial charge in [-0.05, 0) is 56.5 Å². The van der Waals surface area contributed by atoms with E-state index in [4.69, 9.17) is 16.3 Å². The standard InChI is InChI=1S/C17H25ClN2O2.ClH/c1-3-15(12-13-4-6-14(18)7-5-13)20-16(21)17(22-2)8-10-19-11-9-17;/h4-7,15,19H,3,8-12H2,1-2H3,(H,20,21);1H. The van der Waals surface area contributed by atoms with Crippen LogP contribution in [0.2, 0.25) is 5.02 Å². The molecule has 0 radical (unpaired) electrons. The topological polar surface area (TPSA) is 50.4 Å². The number of hydrogen-bond acceptors (Lipinski definition) is 3. The Morgan fingerprint density at radius 2 is 1.96 bits per heavy atom. The Morgan fingerprint density at radius 3 is 2.48 bits per heavy atom. The van der Waals surface area contributed by atoms with E-state index in [-0.39, 0.29) is 24.4 Å². The van der Waals surface area contributed by atoms with Crippen LogP contribution in [0.1, 0.15) is 31.7 Å². The number of halogens is 2. The number of nitrogens with one attached hydrogen (secondary N) is 2. The average molecular weight is 361 g/mol. The molecule has 1 fully saturated rings. The molecule has 1 aromatic rings. The van der Waals surface area contributed by atoms with Gasteiger partial charge in [-0.25, -0.2) is 0 Å². The molecule has 4 nitrogen and oxygen atoms in total. The second-order valence-corrected chi connectivity index (χ2v) is 6.29. The molecule has 2 N–H and O–H groups in total. The van der Waals surface area contributed by atoms with Crippen molar-refractivity contribution in [3.63, 3.8) is 0 Å². The highest BCUT2D eigenvalue weighted by Crippen LogP contribution is 2.23. The zero-order valence-corrected chi connectivity index (χ0v) is 15.3. The normalized spacial score (nSPS) is 17.9. The number of carbonyl (C=O) groups is 1. The van der Waals surface area contributed by atoms with Crippen molar-refractivity contribution in [2.45, 2.75) is 44.2 Å². The van der Waals surface area contributed by atoms with Crippen LogP contribution >= 0.6 is 24.0 Å². The van der Waals surface area contributed by atoms with Crippen LogP contribution in [0, 0.1) is 0 Å². The van der Waals surface area contributed by atoms with Gasteiger partial charge >= 0.3 is 0 Å². The van der Waals surface area contributed by atoms with E-state index in [0.29, 0.717) is 12.8 Å². The molecule has 0 spiro atoms. The lowest BCUT2D eigenvalue weighted by atomic mass is 9.90. The van der Waals surface area contributed by atoms with Crippen molar-refractivity contribution in [1.29, 1.82) is 0 Å². The number of hydrogen-bond donors (Lipinski definition) is 2. The van der Waals surface area contributed by atoms with Crippen molar-refractivity contribution in [3.05, 3.63) is 34.9 Å². The fraction of sp³-hybridized carbons (Fsp3) is 0.588. The maximum Gasteiger partial charge on any atom is 0.252 e. The molecule has 23 heavy (non-hydrogen) atoms. The average Bonchev–Trinajstić information content (AvgIpc) is 2.56. The molecule has 1 atom stereocenters. The third-order valence-electron chi connectivity index (χ3n) is 4.44. The van der Waals surface area contributed by atoms with Gasteiger partial charge in [-0.15, -0.1) is 12.4 Å². The van der Waals surface area contributed by atoms with E-state index in [1.807, 2.05) is 24.3 Å². The molecule has 1 aromatic carbocycles. The quantitative estimate of drug-likeness (QED) is 0.819. The number of benzene rings is 1. The van der Waals surface area contributed by atoms with Crippen LogP contribution in [0.3, 0.4) is 0 Å². The number of carbonyl (C=O) groups excluding carboxylic acids is 1. The lowest BCUT2D eigenvalue weighted by Gasteiger charge is -2.36. The maximum absolute atomic E-state index is 12.7. The van der Waals surface area contributed by atoms with Crippen LogP contribution in [-0.4, -0.2) is 37.7 Å². The smallest absolute Gasteiger partial charge is 0.252 e. The molecule has 0 saturated carbocycles. The lowest BCUT2D eigenvalue weighted by molar-refractivity contribution is -0.147. The van der Waals surface area contributed by atoms with Crippen LogP contribution < -0.4 is 10.6 Å². The van der Waals surface area contributed by atoms with Gasteiger partial charge in [-0.1, -0.05) is 30.7 Å². The minimum Gasteiger partial charge on any atom is -0.368 e. The van der Waals surface area contributed by atoms with Crippen molar-refractivity contribution >= 4 is 29.9 Å². The summed E-state index contributed by atoms with van der Waals surface area (Å²) in [4.78, 5) is 12.7. The molecule has 0 bridgehead atoms. The number of methoxy groups -OCH3 is 1. The molecule has 6 heteroatoms. The second-order valence-electron chi connectivity index (χ2n) is 5.86. The molecule has 0 aromatic heterocycles. The molecule has 0 aliphatic carbocycles. The maximum atomic E-state index is 12.7. The Balaban J connectivity index is 0.00000264. The minimum atomic E-state index is -0.682. The Morgan fingerprint density at radius 1 is 1.35 bits per heavy atom. The molecular formula is C17H26Cl2N2O2. The Bertz CT molecular complexity index is 488. The first-order valence-corrected chi connectivity index (χ1v) is 8.28. The molecular weight excluding hydrogens is 335 g/mol. The summed E-state index contributed by atoms with van der Waals surface area (Å²) < 4.78 is 5.58. The summed E-state index contributed by atoms with van der Waals surface area (Å²) in [7, 11) is 1.63. The summed E-state index contributed by atoms with van der Waals surface area (Å²) in [5.41, 5.74) is 0.492. The Kier molecular flexibility index (Phi) is 8.34. The molecule has 1 aliphatic rings. The van der Waals surface area contributed by atoms with Gasteiger partial charge in [-0.2, -0.15) is 0 Å². The first kappa shape index (κ1) is 20.2. The van der Waals surface area contributed by atoms with Crippen LogP contribution in [0.4, 0.5) is 0 Å². The minimum absolute atomic E-state index is 0. The van der Waals surface area contributed by atoms with Crippen LogP contribution in [0.25, 0.3) is 0 Å². The molecule has 2 rings (SSSR count). The Hall–Kier alpha value is -0.810. The highest BCUT2D eigenvalue weighted by Gasteiger charge is 2.40. The van der Waals surface area contributed by atoms with E-state index in [1.165, 1.54) is 5.56 Å². The monoisotopic (exact) mass is 360 g/mol. The van der Waals surface area contributed by atoms with Gasteiger partial charge in [0.1, 0.15) is 5.60 Å². The van der Waals surface area contributed by atoms with Gasteiger partial charge in [0, 0.05) is 18.2 Å². The van der Waals surface area contributed by atoms with E-state index in [9.17, 15) is 4.79 Å². The van der Waals surface area contributed by atoms with E-state index in [2.05, 4.69) is 17.6 Å². The highest BCUT2D eigenvalue weighted by molar-refractivity contribution is 6.30. The first-order valence-electron chi connectivity index (χ1n) is 7.91. The summed E-state index contributed by atoms with van der Waals surface area (Å²) in [6.07, 6.45) is 3.11. The lowest BCUT2D eigenvalue weighted by Crippen LogP contribution is -2.56. The third kappa shape index (κ3) is 5.35. The van der Waals surface area contributed by atoms with Crippen LogP contribution in [0.15, 0.2) is 24.3 Å². The molecule has 1 unspecified atom stereocenters. The zero-order valence-electron chi connectivity index (χ0n) is 13.7. The number of ether oxygens (including phenoxy) is 1. The van der Waals surface area contributed by atoms with Gasteiger partial charge in [0.15, 0.2) is 0 Å². The van der Waals surface area contributed by atoms with Crippen molar-refractivity contribution in [2.24, 2.45) is 0 Å². The van der Waals surface area contributed by atoms with E-state index < -0.39 is 5.60 Å². The summed E-state index contributed by atoms with van der Waals surface area (Å²) >= 11 is 5.91. The van der Waals surface area contributed by atoms with E-state index in [0.717, 1.165) is 31.0 Å².